The first-order valence-corrected chi connectivity index (χ1v) is 7.23. The number of nitrogens with zero attached hydrogens (tertiary/aromatic N) is 2. The molecule has 0 fully saturated rings. The maximum absolute atomic E-state index is 9.10. The van der Waals surface area contributed by atoms with Crippen LogP contribution in [0.2, 0.25) is 0 Å². The van der Waals surface area contributed by atoms with Crippen molar-refractivity contribution in [3.63, 3.8) is 0 Å². The summed E-state index contributed by atoms with van der Waals surface area (Å²) < 4.78 is 8.25. The van der Waals surface area contributed by atoms with Gasteiger partial charge in [-0.3, -0.25) is 0 Å². The van der Waals surface area contributed by atoms with Crippen LogP contribution in [0.1, 0.15) is 25.8 Å². The molecule has 1 aromatic heterocycles. The second-order valence-electron chi connectivity index (χ2n) is 5.19. The molecule has 106 valence electrons. The summed E-state index contributed by atoms with van der Waals surface area (Å²) in [6.07, 6.45) is 1.07. The Morgan fingerprint density at radius 3 is 2.90 bits per heavy atom. The number of imidazole rings is 1. The van der Waals surface area contributed by atoms with Gasteiger partial charge in [0.05, 0.1) is 23.2 Å². The highest BCUT2D eigenvalue weighted by Crippen LogP contribution is 2.17. The number of benzene rings is 1. The van der Waals surface area contributed by atoms with Crippen LogP contribution in [0.5, 0.6) is 0 Å². The van der Waals surface area contributed by atoms with E-state index in [1.807, 2.05) is 16.7 Å². The van der Waals surface area contributed by atoms with Crippen LogP contribution < -0.4 is 0 Å². The number of ether oxygens (including phenoxy) is 1. The first-order chi connectivity index (χ1) is 9.63. The number of nitrogens with one attached hydrogen (secondary N) is 1. The standard InChI is InChI=1S/C15H19N3OS/c1-11(2)6-8-19-9-7-18-13-5-3-4-12(10-16)14(13)17-15(18)20/h3-5,11H,6-9H2,1-2H3,(H,17,20). The lowest BCUT2D eigenvalue weighted by Gasteiger charge is -2.08. The van der Waals surface area contributed by atoms with Crippen molar-refractivity contribution in [2.24, 2.45) is 5.92 Å². The third-order valence-electron chi connectivity index (χ3n) is 3.23. The summed E-state index contributed by atoms with van der Waals surface area (Å²) in [5, 5.41) is 9.10. The number of aromatic nitrogens is 2. The monoisotopic (exact) mass is 289 g/mol. The van der Waals surface area contributed by atoms with E-state index in [2.05, 4.69) is 24.9 Å². The zero-order chi connectivity index (χ0) is 14.5. The predicted molar refractivity (Wildman–Crippen MR) is 82.1 cm³/mol. The van der Waals surface area contributed by atoms with Gasteiger partial charge in [0.2, 0.25) is 0 Å². The summed E-state index contributed by atoms with van der Waals surface area (Å²) in [5.41, 5.74) is 2.39. The van der Waals surface area contributed by atoms with Crippen LogP contribution in [0.3, 0.4) is 0 Å². The van der Waals surface area contributed by atoms with Crippen molar-refractivity contribution in [1.29, 1.82) is 5.26 Å². The SMILES string of the molecule is CC(C)CCOCCn1c(=S)[nH]c2c(C#N)cccc21. The first-order valence-electron chi connectivity index (χ1n) is 6.83. The lowest BCUT2D eigenvalue weighted by Crippen LogP contribution is -2.08. The third-order valence-corrected chi connectivity index (χ3v) is 3.55. The van der Waals surface area contributed by atoms with Crippen LogP contribution in [-0.4, -0.2) is 22.8 Å². The Morgan fingerprint density at radius 2 is 2.20 bits per heavy atom. The fraction of sp³-hybridized carbons (Fsp3) is 0.467. The van der Waals surface area contributed by atoms with Crippen molar-refractivity contribution < 1.29 is 4.74 Å². The van der Waals surface area contributed by atoms with Crippen LogP contribution in [-0.2, 0) is 11.3 Å². The molecule has 0 spiro atoms. The van der Waals surface area contributed by atoms with Crippen LogP contribution in [0.25, 0.3) is 11.0 Å². The third kappa shape index (κ3) is 3.27. The Bertz CT molecular complexity index is 678. The van der Waals surface area contributed by atoms with Crippen LogP contribution in [0.15, 0.2) is 18.2 Å². The fourth-order valence-corrected chi connectivity index (χ4v) is 2.36. The molecule has 0 aliphatic heterocycles. The van der Waals surface area contributed by atoms with Gasteiger partial charge in [0.15, 0.2) is 4.77 Å². The van der Waals surface area contributed by atoms with Gasteiger partial charge in [-0.05, 0) is 36.7 Å². The van der Waals surface area contributed by atoms with Gasteiger partial charge in [0, 0.05) is 13.2 Å². The highest BCUT2D eigenvalue weighted by Gasteiger charge is 2.07. The van der Waals surface area contributed by atoms with E-state index in [4.69, 9.17) is 22.2 Å². The van der Waals surface area contributed by atoms with Crippen molar-refractivity contribution in [3.05, 3.63) is 28.5 Å². The average molecular weight is 289 g/mol. The van der Waals surface area contributed by atoms with Gasteiger partial charge in [-0.25, -0.2) is 0 Å². The lowest BCUT2D eigenvalue weighted by atomic mass is 10.1. The Kier molecular flexibility index (Phi) is 4.94. The van der Waals surface area contributed by atoms with Gasteiger partial charge < -0.3 is 14.3 Å². The van der Waals surface area contributed by atoms with E-state index in [9.17, 15) is 0 Å². The molecule has 20 heavy (non-hydrogen) atoms. The molecular formula is C15H19N3OS. The number of fused-ring (bicyclic) bond motifs is 1. The van der Waals surface area contributed by atoms with Crippen LogP contribution in [0.4, 0.5) is 0 Å². The summed E-state index contributed by atoms with van der Waals surface area (Å²) >= 11 is 5.32. The number of hydrogen-bond donors (Lipinski definition) is 1. The number of para-hydroxylation sites is 1. The van der Waals surface area contributed by atoms with Gasteiger partial charge in [-0.2, -0.15) is 5.26 Å². The van der Waals surface area contributed by atoms with E-state index in [0.29, 0.717) is 29.4 Å². The molecule has 4 nitrogen and oxygen atoms in total. The van der Waals surface area contributed by atoms with Crippen LogP contribution >= 0.6 is 12.2 Å². The minimum atomic E-state index is 0.619. The number of H-pyrrole nitrogens is 1. The molecule has 1 N–H and O–H groups in total. The molecule has 0 aliphatic rings. The van der Waals surface area contributed by atoms with Gasteiger partial charge in [0.1, 0.15) is 6.07 Å². The molecule has 0 unspecified atom stereocenters. The summed E-state index contributed by atoms with van der Waals surface area (Å²) in [7, 11) is 0. The average Bonchev–Trinajstić information content (AvgIpc) is 2.74. The Balaban J connectivity index is 2.09. The number of nitriles is 1. The van der Waals surface area contributed by atoms with Crippen molar-refractivity contribution in [3.8, 4) is 6.07 Å². The molecule has 2 rings (SSSR count). The maximum Gasteiger partial charge on any atom is 0.178 e. The summed E-state index contributed by atoms with van der Waals surface area (Å²) in [4.78, 5) is 3.11. The molecule has 5 heteroatoms. The summed E-state index contributed by atoms with van der Waals surface area (Å²) in [6.45, 7) is 6.47. The molecule has 0 atom stereocenters. The molecule has 0 amide bonds. The second kappa shape index (κ2) is 6.69. The molecule has 0 saturated heterocycles. The Labute approximate surface area is 124 Å². The predicted octanol–water partition coefficient (Wildman–Crippen LogP) is 3.63. The number of hydrogen-bond acceptors (Lipinski definition) is 3. The smallest absolute Gasteiger partial charge is 0.178 e. The van der Waals surface area contributed by atoms with Crippen molar-refractivity contribution in [2.75, 3.05) is 13.2 Å². The zero-order valence-corrected chi connectivity index (χ0v) is 12.7. The molecule has 0 bridgehead atoms. The molecule has 0 radical (unpaired) electrons. The fourth-order valence-electron chi connectivity index (χ4n) is 2.07. The van der Waals surface area contributed by atoms with Crippen molar-refractivity contribution in [1.82, 2.24) is 9.55 Å². The van der Waals surface area contributed by atoms with Crippen molar-refractivity contribution >= 4 is 23.3 Å². The molecule has 0 aliphatic carbocycles. The quantitative estimate of drug-likeness (QED) is 0.652. The van der Waals surface area contributed by atoms with Gasteiger partial charge in [-0.1, -0.05) is 19.9 Å². The minimum absolute atomic E-state index is 0.619. The normalized spacial score (nSPS) is 11.1. The maximum atomic E-state index is 9.10. The van der Waals surface area contributed by atoms with Gasteiger partial charge >= 0.3 is 0 Å². The minimum Gasteiger partial charge on any atom is -0.380 e. The van der Waals surface area contributed by atoms with E-state index < -0.39 is 0 Å². The van der Waals surface area contributed by atoms with E-state index >= 15 is 0 Å². The van der Waals surface area contributed by atoms with Gasteiger partial charge in [0.25, 0.3) is 0 Å². The van der Waals surface area contributed by atoms with E-state index in [1.54, 1.807) is 6.07 Å². The largest absolute Gasteiger partial charge is 0.380 e. The molecule has 0 saturated carbocycles. The zero-order valence-electron chi connectivity index (χ0n) is 11.8. The second-order valence-corrected chi connectivity index (χ2v) is 5.57. The van der Waals surface area contributed by atoms with E-state index in [-0.39, 0.29) is 0 Å². The molecule has 1 heterocycles. The Hall–Kier alpha value is -1.64. The molecular weight excluding hydrogens is 270 g/mol. The molecule has 1 aromatic carbocycles. The van der Waals surface area contributed by atoms with Crippen molar-refractivity contribution in [2.45, 2.75) is 26.8 Å². The van der Waals surface area contributed by atoms with E-state index in [0.717, 1.165) is 24.1 Å². The van der Waals surface area contributed by atoms with Gasteiger partial charge in [-0.15, -0.1) is 0 Å². The summed E-state index contributed by atoms with van der Waals surface area (Å²) in [6, 6.07) is 7.81. The topological polar surface area (TPSA) is 53.7 Å². The Morgan fingerprint density at radius 1 is 1.40 bits per heavy atom. The lowest BCUT2D eigenvalue weighted by molar-refractivity contribution is 0.116. The number of rotatable bonds is 6. The first kappa shape index (κ1) is 14.8. The van der Waals surface area contributed by atoms with E-state index in [1.165, 1.54) is 0 Å². The highest BCUT2D eigenvalue weighted by atomic mass is 32.1. The molecule has 2 aromatic rings. The van der Waals surface area contributed by atoms with Crippen LogP contribution in [0, 0.1) is 22.0 Å². The summed E-state index contributed by atoms with van der Waals surface area (Å²) in [5.74, 6) is 0.656. The number of aromatic amines is 1. The highest BCUT2D eigenvalue weighted by molar-refractivity contribution is 7.71.